The first kappa shape index (κ1) is 9.47. The zero-order valence-electron chi connectivity index (χ0n) is 7.25. The predicted octanol–water partition coefficient (Wildman–Crippen LogP) is 0.831. The number of hydrogen-bond donors (Lipinski definition) is 0. The summed E-state index contributed by atoms with van der Waals surface area (Å²) in [6.07, 6.45) is 5.05. The highest BCUT2D eigenvalue weighted by Crippen LogP contribution is 2.14. The molecule has 1 saturated heterocycles. The van der Waals surface area contributed by atoms with Crippen LogP contribution in [0, 0.1) is 18.3 Å². The minimum Gasteiger partial charge on any atom is -0.331 e. The fourth-order valence-corrected chi connectivity index (χ4v) is 2.28. The number of terminal acetylenes is 1. The molecule has 1 aliphatic heterocycles. The fourth-order valence-electron chi connectivity index (χ4n) is 1.26. The van der Waals surface area contributed by atoms with Gasteiger partial charge in [-0.05, 0) is 17.6 Å². The van der Waals surface area contributed by atoms with Gasteiger partial charge in [0.25, 0.3) is 5.91 Å². The number of rotatable bonds is 0. The number of amides is 1. The Kier molecular flexibility index (Phi) is 3.48. The molecule has 0 radical (unpaired) electrons. The Labute approximate surface area is 77.7 Å². The molecule has 0 spiro atoms. The molecule has 0 saturated carbocycles. The van der Waals surface area contributed by atoms with Crippen LogP contribution in [-0.2, 0) is 4.79 Å². The summed E-state index contributed by atoms with van der Waals surface area (Å²) >= 11 is 1.89. The van der Waals surface area contributed by atoms with Crippen LogP contribution in [0.2, 0.25) is 0 Å². The highest BCUT2D eigenvalue weighted by molar-refractivity contribution is 7.99. The van der Waals surface area contributed by atoms with Crippen molar-refractivity contribution >= 4 is 17.7 Å². The molecule has 1 atom stereocenters. The zero-order chi connectivity index (χ0) is 8.97. The number of thioether (sulfide) groups is 1. The van der Waals surface area contributed by atoms with Crippen molar-refractivity contribution in [3.8, 4) is 12.3 Å². The van der Waals surface area contributed by atoms with E-state index >= 15 is 0 Å². The molecule has 0 aromatic heterocycles. The first-order valence-corrected chi connectivity index (χ1v) is 5.22. The lowest BCUT2D eigenvalue weighted by atomic mass is 10.2. The lowest BCUT2D eigenvalue weighted by Crippen LogP contribution is -2.34. The predicted molar refractivity (Wildman–Crippen MR) is 51.9 cm³/mol. The molecule has 0 aromatic rings. The van der Waals surface area contributed by atoms with E-state index in [2.05, 4.69) is 12.8 Å². The minimum atomic E-state index is -0.163. The lowest BCUT2D eigenvalue weighted by molar-refractivity contribution is -0.125. The first-order valence-electron chi connectivity index (χ1n) is 4.07. The van der Waals surface area contributed by atoms with E-state index in [9.17, 15) is 4.79 Å². The SMILES string of the molecule is C#CC(=O)N1CCSCC(C)C1. The third kappa shape index (κ3) is 2.46. The molecule has 66 valence electrons. The van der Waals surface area contributed by atoms with Gasteiger partial charge in [-0.2, -0.15) is 11.8 Å². The van der Waals surface area contributed by atoms with Crippen molar-refractivity contribution < 1.29 is 4.79 Å². The van der Waals surface area contributed by atoms with Crippen molar-refractivity contribution in [3.63, 3.8) is 0 Å². The Morgan fingerprint density at radius 3 is 3.17 bits per heavy atom. The van der Waals surface area contributed by atoms with E-state index in [0.29, 0.717) is 5.92 Å². The highest BCUT2D eigenvalue weighted by Gasteiger charge is 2.17. The van der Waals surface area contributed by atoms with Gasteiger partial charge >= 0.3 is 0 Å². The van der Waals surface area contributed by atoms with E-state index in [1.807, 2.05) is 11.8 Å². The number of nitrogens with zero attached hydrogens (tertiary/aromatic N) is 1. The maximum absolute atomic E-state index is 11.1. The lowest BCUT2D eigenvalue weighted by Gasteiger charge is -2.19. The van der Waals surface area contributed by atoms with E-state index in [1.165, 1.54) is 0 Å². The standard InChI is InChI=1S/C9H13NOS/c1-3-9(11)10-4-5-12-7-8(2)6-10/h1,8H,4-7H2,2H3. The normalized spacial score (nSPS) is 24.3. The third-order valence-corrected chi connectivity index (χ3v) is 3.13. The summed E-state index contributed by atoms with van der Waals surface area (Å²) in [6, 6.07) is 0. The molecule has 1 fully saturated rings. The quantitative estimate of drug-likeness (QED) is 0.518. The van der Waals surface area contributed by atoms with Crippen LogP contribution < -0.4 is 0 Å². The molecule has 0 aromatic carbocycles. The molecular weight excluding hydrogens is 170 g/mol. The second-order valence-corrected chi connectivity index (χ2v) is 4.23. The van der Waals surface area contributed by atoms with Gasteiger partial charge < -0.3 is 4.90 Å². The van der Waals surface area contributed by atoms with E-state index in [1.54, 1.807) is 4.90 Å². The molecule has 3 heteroatoms. The van der Waals surface area contributed by atoms with Crippen LogP contribution in [0.3, 0.4) is 0 Å². The Morgan fingerprint density at radius 1 is 1.75 bits per heavy atom. The van der Waals surface area contributed by atoms with Crippen molar-refractivity contribution in [1.29, 1.82) is 0 Å². The highest BCUT2D eigenvalue weighted by atomic mass is 32.2. The number of hydrogen-bond acceptors (Lipinski definition) is 2. The monoisotopic (exact) mass is 183 g/mol. The molecule has 12 heavy (non-hydrogen) atoms. The van der Waals surface area contributed by atoms with E-state index in [-0.39, 0.29) is 5.91 Å². The van der Waals surface area contributed by atoms with Gasteiger partial charge in [0.2, 0.25) is 0 Å². The van der Waals surface area contributed by atoms with Crippen LogP contribution in [0.4, 0.5) is 0 Å². The molecule has 1 amide bonds. The summed E-state index contributed by atoms with van der Waals surface area (Å²) < 4.78 is 0. The van der Waals surface area contributed by atoms with E-state index in [4.69, 9.17) is 6.42 Å². The van der Waals surface area contributed by atoms with Gasteiger partial charge in [-0.15, -0.1) is 6.42 Å². The van der Waals surface area contributed by atoms with Crippen LogP contribution in [-0.4, -0.2) is 35.4 Å². The van der Waals surface area contributed by atoms with E-state index < -0.39 is 0 Å². The smallest absolute Gasteiger partial charge is 0.298 e. The second-order valence-electron chi connectivity index (χ2n) is 3.08. The summed E-state index contributed by atoms with van der Waals surface area (Å²) in [6.45, 7) is 3.77. The van der Waals surface area contributed by atoms with Gasteiger partial charge in [-0.1, -0.05) is 6.92 Å². The van der Waals surface area contributed by atoms with Gasteiger partial charge in [-0.3, -0.25) is 4.79 Å². The third-order valence-electron chi connectivity index (χ3n) is 1.85. The van der Waals surface area contributed by atoms with Crippen LogP contribution >= 0.6 is 11.8 Å². The second kappa shape index (κ2) is 4.42. The molecule has 1 unspecified atom stereocenters. The van der Waals surface area contributed by atoms with Crippen molar-refractivity contribution in [1.82, 2.24) is 4.90 Å². The maximum Gasteiger partial charge on any atom is 0.298 e. The summed E-state index contributed by atoms with van der Waals surface area (Å²) in [5.41, 5.74) is 0. The topological polar surface area (TPSA) is 20.3 Å². The molecule has 2 nitrogen and oxygen atoms in total. The summed E-state index contributed by atoms with van der Waals surface area (Å²) in [5.74, 6) is 4.71. The first-order chi connectivity index (χ1) is 5.74. The maximum atomic E-state index is 11.1. The Bertz CT molecular complexity index is 209. The van der Waals surface area contributed by atoms with Gasteiger partial charge in [0.1, 0.15) is 0 Å². The Morgan fingerprint density at radius 2 is 2.50 bits per heavy atom. The van der Waals surface area contributed by atoms with Gasteiger partial charge in [-0.25, -0.2) is 0 Å². The number of carbonyl (C=O) groups excluding carboxylic acids is 1. The Hall–Kier alpha value is -0.620. The largest absolute Gasteiger partial charge is 0.331 e. The average Bonchev–Trinajstić information content (AvgIpc) is 2.28. The summed E-state index contributed by atoms with van der Waals surface area (Å²) in [5, 5.41) is 0. The van der Waals surface area contributed by atoms with Gasteiger partial charge in [0.05, 0.1) is 0 Å². The molecule has 0 bridgehead atoms. The minimum absolute atomic E-state index is 0.163. The summed E-state index contributed by atoms with van der Waals surface area (Å²) in [4.78, 5) is 12.9. The van der Waals surface area contributed by atoms with Gasteiger partial charge in [0, 0.05) is 18.8 Å². The molecule has 0 N–H and O–H groups in total. The fraction of sp³-hybridized carbons (Fsp3) is 0.667. The molecule has 1 aliphatic rings. The van der Waals surface area contributed by atoms with Crippen molar-refractivity contribution in [3.05, 3.63) is 0 Å². The van der Waals surface area contributed by atoms with Crippen LogP contribution in [0.25, 0.3) is 0 Å². The van der Waals surface area contributed by atoms with Crippen LogP contribution in [0.1, 0.15) is 6.92 Å². The average molecular weight is 183 g/mol. The van der Waals surface area contributed by atoms with E-state index in [0.717, 1.165) is 24.6 Å². The zero-order valence-corrected chi connectivity index (χ0v) is 8.06. The molecular formula is C9H13NOS. The van der Waals surface area contributed by atoms with Crippen molar-refractivity contribution in [2.75, 3.05) is 24.6 Å². The van der Waals surface area contributed by atoms with Crippen LogP contribution in [0.15, 0.2) is 0 Å². The molecule has 1 heterocycles. The molecule has 0 aliphatic carbocycles. The van der Waals surface area contributed by atoms with Crippen molar-refractivity contribution in [2.45, 2.75) is 6.92 Å². The Balaban J connectivity index is 2.53. The van der Waals surface area contributed by atoms with Crippen molar-refractivity contribution in [2.24, 2.45) is 5.92 Å². The number of carbonyl (C=O) groups is 1. The molecule has 1 rings (SSSR count). The van der Waals surface area contributed by atoms with Crippen LogP contribution in [0.5, 0.6) is 0 Å². The summed E-state index contributed by atoms with van der Waals surface area (Å²) in [7, 11) is 0. The van der Waals surface area contributed by atoms with Gasteiger partial charge in [0.15, 0.2) is 0 Å².